The number of nitriles is 1. The maximum atomic E-state index is 12.7. The van der Waals surface area contributed by atoms with Crippen molar-refractivity contribution in [1.29, 1.82) is 5.26 Å². The van der Waals surface area contributed by atoms with Gasteiger partial charge in [-0.1, -0.05) is 54.6 Å². The van der Waals surface area contributed by atoms with Crippen molar-refractivity contribution in [3.05, 3.63) is 82.6 Å². The van der Waals surface area contributed by atoms with Crippen molar-refractivity contribution in [3.8, 4) is 17.4 Å². The fourth-order valence-corrected chi connectivity index (χ4v) is 2.84. The van der Waals surface area contributed by atoms with Crippen LogP contribution in [0.5, 0.6) is 0 Å². The van der Waals surface area contributed by atoms with Gasteiger partial charge in [-0.2, -0.15) is 5.26 Å². The molecule has 3 aromatic rings. The lowest BCUT2D eigenvalue weighted by Gasteiger charge is -2.12. The Morgan fingerprint density at radius 2 is 1.39 bits per heavy atom. The largest absolute Gasteiger partial charge is 0.450 e. The lowest BCUT2D eigenvalue weighted by atomic mass is 9.86. The molecule has 0 fully saturated rings. The Hall–Kier alpha value is -3.45. The van der Waals surface area contributed by atoms with Gasteiger partial charge in [0.15, 0.2) is 17.3 Å². The molecule has 0 spiro atoms. The average Bonchev–Trinajstić information content (AvgIpc) is 3.00. The first-order chi connectivity index (χ1) is 11.2. The van der Waals surface area contributed by atoms with Gasteiger partial charge in [-0.25, -0.2) is 0 Å². The van der Waals surface area contributed by atoms with Crippen LogP contribution >= 0.6 is 0 Å². The monoisotopic (exact) mass is 299 g/mol. The Morgan fingerprint density at radius 1 is 0.783 bits per heavy atom. The van der Waals surface area contributed by atoms with E-state index in [4.69, 9.17) is 4.42 Å². The summed E-state index contributed by atoms with van der Waals surface area (Å²) in [6.45, 7) is 0. The van der Waals surface area contributed by atoms with E-state index < -0.39 is 0 Å². The van der Waals surface area contributed by atoms with Crippen molar-refractivity contribution in [1.82, 2.24) is 0 Å². The van der Waals surface area contributed by atoms with Crippen LogP contribution in [0.4, 0.5) is 0 Å². The van der Waals surface area contributed by atoms with E-state index in [-0.39, 0.29) is 34.2 Å². The molecule has 0 atom stereocenters. The van der Waals surface area contributed by atoms with Gasteiger partial charge in [-0.05, 0) is 0 Å². The highest BCUT2D eigenvalue weighted by Crippen LogP contribution is 2.37. The maximum absolute atomic E-state index is 12.7. The van der Waals surface area contributed by atoms with Crippen LogP contribution in [0.1, 0.15) is 37.6 Å². The van der Waals surface area contributed by atoms with E-state index >= 15 is 0 Å². The lowest BCUT2D eigenvalue weighted by molar-refractivity contribution is 0.0961. The fourth-order valence-electron chi connectivity index (χ4n) is 2.84. The van der Waals surface area contributed by atoms with Crippen LogP contribution in [0.2, 0.25) is 0 Å². The van der Waals surface area contributed by atoms with Crippen molar-refractivity contribution in [2.45, 2.75) is 0 Å². The van der Waals surface area contributed by atoms with Crippen LogP contribution in [-0.4, -0.2) is 11.6 Å². The Balaban J connectivity index is 2.03. The minimum absolute atomic E-state index is 0.0518. The van der Waals surface area contributed by atoms with Crippen LogP contribution < -0.4 is 0 Å². The summed E-state index contributed by atoms with van der Waals surface area (Å²) in [5.74, 6) is -0.511. The number of fused-ring (bicyclic) bond motifs is 2. The quantitative estimate of drug-likeness (QED) is 0.538. The van der Waals surface area contributed by atoms with E-state index in [1.165, 1.54) is 0 Å². The molecular formula is C19H9NO3. The van der Waals surface area contributed by atoms with Crippen LogP contribution in [0.25, 0.3) is 11.3 Å². The first-order valence-electron chi connectivity index (χ1n) is 7.03. The molecule has 4 rings (SSSR count). The third-order valence-corrected chi connectivity index (χ3v) is 3.91. The first kappa shape index (κ1) is 13.2. The van der Waals surface area contributed by atoms with Crippen molar-refractivity contribution in [3.63, 3.8) is 0 Å². The molecule has 4 nitrogen and oxygen atoms in total. The molecule has 1 aromatic heterocycles. The third kappa shape index (κ3) is 1.77. The average molecular weight is 299 g/mol. The number of carbonyl (C=O) groups is 2. The van der Waals surface area contributed by atoms with Gasteiger partial charge in [-0.3, -0.25) is 9.59 Å². The first-order valence-corrected chi connectivity index (χ1v) is 7.03. The number of nitrogens with zero attached hydrogens (tertiary/aromatic N) is 1. The molecule has 1 aliphatic rings. The number of benzene rings is 2. The minimum atomic E-state index is -0.367. The number of rotatable bonds is 1. The van der Waals surface area contributed by atoms with Crippen LogP contribution in [0.15, 0.2) is 59.0 Å². The Labute approximate surface area is 131 Å². The Morgan fingerprint density at radius 3 is 2.04 bits per heavy atom. The summed E-state index contributed by atoms with van der Waals surface area (Å²) < 4.78 is 5.66. The van der Waals surface area contributed by atoms with E-state index in [9.17, 15) is 14.9 Å². The Bertz CT molecular complexity index is 1010. The number of furan rings is 1. The summed E-state index contributed by atoms with van der Waals surface area (Å²) in [5, 5.41) is 9.50. The highest BCUT2D eigenvalue weighted by atomic mass is 16.4. The molecule has 0 saturated heterocycles. The normalized spacial score (nSPS) is 12.5. The lowest BCUT2D eigenvalue weighted by Crippen LogP contribution is -2.19. The summed E-state index contributed by atoms with van der Waals surface area (Å²) in [6, 6.07) is 17.6. The summed E-state index contributed by atoms with van der Waals surface area (Å²) in [7, 11) is 0. The minimum Gasteiger partial charge on any atom is -0.450 e. The summed E-state index contributed by atoms with van der Waals surface area (Å²) in [6.07, 6.45) is 0. The van der Waals surface area contributed by atoms with Crippen molar-refractivity contribution < 1.29 is 14.0 Å². The van der Waals surface area contributed by atoms with Crippen molar-refractivity contribution >= 4 is 11.6 Å². The highest BCUT2D eigenvalue weighted by molar-refractivity contribution is 6.28. The standard InChI is InChI=1S/C19H9NO3/c20-10-14-15-16(21)12-8-4-5-9-13(12)17(22)19(15)23-18(14)11-6-2-1-3-7-11/h1-9H. The van der Waals surface area contributed by atoms with E-state index in [2.05, 4.69) is 0 Å². The van der Waals surface area contributed by atoms with Crippen LogP contribution in [0, 0.1) is 11.3 Å². The second-order valence-electron chi connectivity index (χ2n) is 5.19. The second kappa shape index (κ2) is 4.79. The fraction of sp³-hybridized carbons (Fsp3) is 0. The number of carbonyl (C=O) groups excluding carboxylic acids is 2. The molecule has 4 heteroatoms. The van der Waals surface area contributed by atoms with Gasteiger partial charge in [0.2, 0.25) is 5.78 Å². The molecule has 0 amide bonds. The predicted molar refractivity (Wildman–Crippen MR) is 82.2 cm³/mol. The molecule has 2 aromatic carbocycles. The Kier molecular flexibility index (Phi) is 2.75. The third-order valence-electron chi connectivity index (χ3n) is 3.91. The molecule has 0 radical (unpaired) electrons. The van der Waals surface area contributed by atoms with E-state index in [1.807, 2.05) is 12.1 Å². The summed E-state index contributed by atoms with van der Waals surface area (Å²) >= 11 is 0. The van der Waals surface area contributed by atoms with Gasteiger partial charge in [0.1, 0.15) is 11.6 Å². The zero-order valence-corrected chi connectivity index (χ0v) is 11.9. The zero-order valence-electron chi connectivity index (χ0n) is 11.9. The van der Waals surface area contributed by atoms with Gasteiger partial charge in [-0.15, -0.1) is 0 Å². The predicted octanol–water partition coefficient (Wildman–Crippen LogP) is 3.59. The summed E-state index contributed by atoms with van der Waals surface area (Å²) in [4.78, 5) is 25.3. The van der Waals surface area contributed by atoms with Gasteiger partial charge in [0.25, 0.3) is 0 Å². The molecule has 23 heavy (non-hydrogen) atoms. The molecule has 1 aliphatic carbocycles. The van der Waals surface area contributed by atoms with Gasteiger partial charge >= 0.3 is 0 Å². The van der Waals surface area contributed by atoms with Gasteiger partial charge in [0, 0.05) is 16.7 Å². The zero-order chi connectivity index (χ0) is 16.0. The SMILES string of the molecule is N#Cc1c(-c2ccccc2)oc2c1C(=O)c1ccccc1C2=O. The van der Waals surface area contributed by atoms with Crippen LogP contribution in [0.3, 0.4) is 0 Å². The van der Waals surface area contributed by atoms with Crippen molar-refractivity contribution in [2.24, 2.45) is 0 Å². The molecular weight excluding hydrogens is 290 g/mol. The van der Waals surface area contributed by atoms with E-state index in [0.29, 0.717) is 16.7 Å². The molecule has 0 saturated carbocycles. The maximum Gasteiger partial charge on any atom is 0.229 e. The molecule has 0 bridgehead atoms. The number of ketones is 2. The van der Waals surface area contributed by atoms with Gasteiger partial charge < -0.3 is 4.42 Å². The van der Waals surface area contributed by atoms with E-state index in [0.717, 1.165) is 0 Å². The molecule has 0 unspecified atom stereocenters. The second-order valence-corrected chi connectivity index (χ2v) is 5.19. The molecule has 1 heterocycles. The highest BCUT2D eigenvalue weighted by Gasteiger charge is 2.37. The number of hydrogen-bond acceptors (Lipinski definition) is 4. The smallest absolute Gasteiger partial charge is 0.229 e. The van der Waals surface area contributed by atoms with Gasteiger partial charge in [0.05, 0.1) is 5.56 Å². The van der Waals surface area contributed by atoms with E-state index in [1.54, 1.807) is 48.5 Å². The molecule has 108 valence electrons. The summed E-state index contributed by atoms with van der Waals surface area (Å²) in [5.41, 5.74) is 1.45. The van der Waals surface area contributed by atoms with Crippen molar-refractivity contribution in [2.75, 3.05) is 0 Å². The molecule has 0 N–H and O–H groups in total. The topological polar surface area (TPSA) is 71.1 Å². The molecule has 0 aliphatic heterocycles. The number of hydrogen-bond donors (Lipinski definition) is 0. The van der Waals surface area contributed by atoms with Crippen LogP contribution in [-0.2, 0) is 0 Å².